The molecule has 1 saturated heterocycles. The lowest BCUT2D eigenvalue weighted by Crippen LogP contribution is -2.15. The largest absolute Gasteiger partial charge is 0.418 e. The van der Waals surface area contributed by atoms with Gasteiger partial charge in [0.2, 0.25) is 0 Å². The molecule has 23 heavy (non-hydrogen) atoms. The molecule has 3 N–H and O–H groups in total. The molecule has 1 aromatic carbocycles. The second kappa shape index (κ2) is 5.10. The number of H-pyrrole nitrogens is 1. The van der Waals surface area contributed by atoms with Crippen molar-refractivity contribution >= 4 is 11.0 Å². The summed E-state index contributed by atoms with van der Waals surface area (Å²) in [6.07, 6.45) is -10.3. The third-order valence-electron chi connectivity index (χ3n) is 3.68. The van der Waals surface area contributed by atoms with Crippen LogP contribution >= 0.6 is 0 Å². The van der Waals surface area contributed by atoms with E-state index in [-0.39, 0.29) is 30.4 Å². The van der Waals surface area contributed by atoms with Gasteiger partial charge >= 0.3 is 12.4 Å². The summed E-state index contributed by atoms with van der Waals surface area (Å²) in [5.41, 5.74) is -3.75. The summed E-state index contributed by atoms with van der Waals surface area (Å²) in [6, 6.07) is 0.129. The van der Waals surface area contributed by atoms with Crippen LogP contribution in [0.1, 0.15) is 29.4 Å². The predicted octanol–water partition coefficient (Wildman–Crippen LogP) is 3.00. The van der Waals surface area contributed by atoms with E-state index in [1.54, 1.807) is 0 Å². The van der Waals surface area contributed by atoms with Gasteiger partial charge in [-0.25, -0.2) is 4.98 Å². The number of nitrogens with one attached hydrogen (secondary N) is 2. The quantitative estimate of drug-likeness (QED) is 0.700. The minimum absolute atomic E-state index is 0.0594. The van der Waals surface area contributed by atoms with Gasteiger partial charge in [-0.3, -0.25) is 0 Å². The Morgan fingerprint density at radius 3 is 2.30 bits per heavy atom. The van der Waals surface area contributed by atoms with Crippen molar-refractivity contribution in [2.24, 2.45) is 0 Å². The molecule has 0 bridgehead atoms. The van der Waals surface area contributed by atoms with Crippen molar-refractivity contribution in [3.05, 3.63) is 29.1 Å². The zero-order chi connectivity index (χ0) is 17.0. The second-order valence-electron chi connectivity index (χ2n) is 5.39. The average Bonchev–Trinajstić information content (AvgIpc) is 3.00. The molecular formula is C13H11F6N3O. The highest BCUT2D eigenvalue weighted by atomic mass is 19.4. The van der Waals surface area contributed by atoms with Gasteiger partial charge in [0, 0.05) is 6.54 Å². The summed E-state index contributed by atoms with van der Waals surface area (Å²) in [7, 11) is 0. The van der Waals surface area contributed by atoms with E-state index >= 15 is 0 Å². The molecule has 1 aromatic heterocycles. The van der Waals surface area contributed by atoms with Crippen LogP contribution in [0.15, 0.2) is 12.1 Å². The predicted molar refractivity (Wildman–Crippen MR) is 67.5 cm³/mol. The molecule has 0 radical (unpaired) electrons. The van der Waals surface area contributed by atoms with Crippen LogP contribution in [-0.2, 0) is 12.4 Å². The number of aromatic nitrogens is 2. The number of halogens is 6. The molecule has 0 saturated carbocycles. The molecule has 126 valence electrons. The number of hydrogen-bond acceptors (Lipinski definition) is 3. The summed E-state index contributed by atoms with van der Waals surface area (Å²) in [6.45, 7) is 0.238. The van der Waals surface area contributed by atoms with E-state index in [2.05, 4.69) is 15.3 Å². The first-order valence-corrected chi connectivity index (χ1v) is 6.65. The van der Waals surface area contributed by atoms with E-state index < -0.39 is 41.1 Å². The standard InChI is InChI=1S/C13H11F6N3O/c14-12(15,16)5-1-7(13(17,18)19)10-8(2-5)21-11(22-10)9-3-6(23)4-20-9/h1-2,6,9,20,23H,3-4H2,(H,21,22)/t6-,9+/m1/s1. The van der Waals surface area contributed by atoms with Crippen LogP contribution in [0.3, 0.4) is 0 Å². The smallest absolute Gasteiger partial charge is 0.392 e. The van der Waals surface area contributed by atoms with Gasteiger partial charge in [-0.05, 0) is 18.6 Å². The van der Waals surface area contributed by atoms with Crippen LogP contribution in [0.5, 0.6) is 0 Å². The van der Waals surface area contributed by atoms with Gasteiger partial charge in [0.05, 0.1) is 28.8 Å². The Morgan fingerprint density at radius 2 is 1.78 bits per heavy atom. The summed E-state index contributed by atoms with van der Waals surface area (Å²) in [5.74, 6) is 0.0707. The lowest BCUT2D eigenvalue weighted by molar-refractivity contribution is -0.142. The minimum Gasteiger partial charge on any atom is -0.392 e. The van der Waals surface area contributed by atoms with E-state index in [9.17, 15) is 31.4 Å². The summed E-state index contributed by atoms with van der Waals surface area (Å²) in [4.78, 5) is 6.30. The molecule has 4 nitrogen and oxygen atoms in total. The average molecular weight is 339 g/mol. The Balaban J connectivity index is 2.16. The third-order valence-corrected chi connectivity index (χ3v) is 3.68. The Morgan fingerprint density at radius 1 is 1.09 bits per heavy atom. The monoisotopic (exact) mass is 339 g/mol. The lowest BCUT2D eigenvalue weighted by Gasteiger charge is -2.11. The van der Waals surface area contributed by atoms with Gasteiger partial charge in [0.15, 0.2) is 0 Å². The fourth-order valence-corrected chi connectivity index (χ4v) is 2.61. The van der Waals surface area contributed by atoms with Crippen LogP contribution in [0.25, 0.3) is 11.0 Å². The molecule has 2 heterocycles. The fraction of sp³-hybridized carbons (Fsp3) is 0.462. The number of rotatable bonds is 1. The van der Waals surface area contributed by atoms with Crippen molar-refractivity contribution < 1.29 is 31.4 Å². The molecular weight excluding hydrogens is 328 g/mol. The molecule has 0 aliphatic carbocycles. The van der Waals surface area contributed by atoms with E-state index in [0.29, 0.717) is 6.07 Å². The van der Waals surface area contributed by atoms with Crippen LogP contribution in [0.2, 0.25) is 0 Å². The maximum Gasteiger partial charge on any atom is 0.418 e. The topological polar surface area (TPSA) is 60.9 Å². The number of aromatic amines is 1. The zero-order valence-electron chi connectivity index (χ0n) is 11.4. The molecule has 1 aliphatic heterocycles. The minimum atomic E-state index is -4.96. The van der Waals surface area contributed by atoms with Crippen molar-refractivity contribution in [2.75, 3.05) is 6.54 Å². The van der Waals surface area contributed by atoms with Crippen molar-refractivity contribution in [3.63, 3.8) is 0 Å². The second-order valence-corrected chi connectivity index (χ2v) is 5.39. The lowest BCUT2D eigenvalue weighted by atomic mass is 10.1. The number of β-amino-alcohol motifs (C(OH)–C–C–N with tert-alkyl or cyclic N) is 1. The fourth-order valence-electron chi connectivity index (χ4n) is 2.61. The van der Waals surface area contributed by atoms with Crippen LogP contribution in [0, 0.1) is 0 Å². The van der Waals surface area contributed by atoms with Crippen LogP contribution < -0.4 is 5.32 Å². The van der Waals surface area contributed by atoms with E-state index in [0.717, 1.165) is 0 Å². The Bertz CT molecular complexity index is 736. The van der Waals surface area contributed by atoms with Gasteiger partial charge in [-0.2, -0.15) is 26.3 Å². The molecule has 1 fully saturated rings. The highest BCUT2D eigenvalue weighted by molar-refractivity contribution is 5.80. The molecule has 0 unspecified atom stereocenters. The molecule has 1 aliphatic rings. The molecule has 0 spiro atoms. The SMILES string of the molecule is O[C@H]1CN[C@H](c2nc3c(C(F)(F)F)cc(C(F)(F)F)cc3[nH]2)C1. The van der Waals surface area contributed by atoms with Crippen molar-refractivity contribution in [1.82, 2.24) is 15.3 Å². The normalized spacial score (nSPS) is 22.9. The zero-order valence-corrected chi connectivity index (χ0v) is 11.4. The molecule has 3 rings (SSSR count). The Hall–Kier alpha value is -1.81. The van der Waals surface area contributed by atoms with Crippen molar-refractivity contribution in [3.8, 4) is 0 Å². The van der Waals surface area contributed by atoms with Gasteiger partial charge in [0.25, 0.3) is 0 Å². The number of alkyl halides is 6. The highest BCUT2D eigenvalue weighted by Gasteiger charge is 2.39. The number of aliphatic hydroxyl groups excluding tert-OH is 1. The number of imidazole rings is 1. The molecule has 10 heteroatoms. The number of fused-ring (bicyclic) bond motifs is 1. The first kappa shape index (κ1) is 16.1. The molecule has 0 amide bonds. The van der Waals surface area contributed by atoms with Gasteiger partial charge < -0.3 is 15.4 Å². The molecule has 2 atom stereocenters. The van der Waals surface area contributed by atoms with E-state index in [1.807, 2.05) is 0 Å². The first-order chi connectivity index (χ1) is 10.6. The summed E-state index contributed by atoms with van der Waals surface area (Å²) < 4.78 is 77.6. The number of hydrogen-bond donors (Lipinski definition) is 3. The Kier molecular flexibility index (Phi) is 3.56. The van der Waals surface area contributed by atoms with Gasteiger partial charge in [0.1, 0.15) is 11.3 Å². The van der Waals surface area contributed by atoms with Gasteiger partial charge in [-0.1, -0.05) is 0 Å². The third kappa shape index (κ3) is 3.00. The summed E-state index contributed by atoms with van der Waals surface area (Å²) in [5, 5.41) is 12.3. The van der Waals surface area contributed by atoms with Crippen LogP contribution in [0.4, 0.5) is 26.3 Å². The highest BCUT2D eigenvalue weighted by Crippen LogP contribution is 2.39. The first-order valence-electron chi connectivity index (χ1n) is 6.65. The molecule has 2 aromatic rings. The Labute approximate surface area is 125 Å². The maximum absolute atomic E-state index is 13.1. The number of aliphatic hydroxyl groups is 1. The van der Waals surface area contributed by atoms with Crippen molar-refractivity contribution in [1.29, 1.82) is 0 Å². The van der Waals surface area contributed by atoms with Crippen LogP contribution in [-0.4, -0.2) is 27.7 Å². The van der Waals surface area contributed by atoms with Gasteiger partial charge in [-0.15, -0.1) is 0 Å². The van der Waals surface area contributed by atoms with E-state index in [4.69, 9.17) is 0 Å². The van der Waals surface area contributed by atoms with Crippen molar-refractivity contribution in [2.45, 2.75) is 30.9 Å². The van der Waals surface area contributed by atoms with E-state index in [1.165, 1.54) is 0 Å². The number of benzene rings is 1. The number of nitrogens with zero attached hydrogens (tertiary/aromatic N) is 1. The maximum atomic E-state index is 13.1. The summed E-state index contributed by atoms with van der Waals surface area (Å²) >= 11 is 0.